The molecule has 6 heteroatoms. The molecule has 18 heavy (non-hydrogen) atoms. The standard InChI is InChI=1S/C12H16N2O4/c15-10(12(17)18)5-7-14-11(16)4-3-9-2-1-6-13-8-9/h1-2,6,8,10,15H,3-5,7H2,(H,14,16)(H,17,18). The van der Waals surface area contributed by atoms with Crippen molar-refractivity contribution in [2.24, 2.45) is 0 Å². The zero-order valence-corrected chi connectivity index (χ0v) is 9.87. The molecule has 0 aliphatic rings. The lowest BCUT2D eigenvalue weighted by atomic mass is 10.1. The molecule has 0 radical (unpaired) electrons. The second kappa shape index (κ2) is 7.39. The van der Waals surface area contributed by atoms with Crippen molar-refractivity contribution in [3.05, 3.63) is 30.1 Å². The van der Waals surface area contributed by atoms with Gasteiger partial charge in [0.1, 0.15) is 0 Å². The number of nitrogens with one attached hydrogen (secondary N) is 1. The normalized spacial score (nSPS) is 11.8. The highest BCUT2D eigenvalue weighted by Gasteiger charge is 2.12. The molecule has 1 aromatic rings. The van der Waals surface area contributed by atoms with Gasteiger partial charge in [-0.1, -0.05) is 6.07 Å². The second-order valence-electron chi connectivity index (χ2n) is 3.85. The van der Waals surface area contributed by atoms with E-state index in [9.17, 15) is 9.59 Å². The number of aromatic nitrogens is 1. The van der Waals surface area contributed by atoms with E-state index in [1.807, 2.05) is 6.07 Å². The summed E-state index contributed by atoms with van der Waals surface area (Å²) in [7, 11) is 0. The zero-order chi connectivity index (χ0) is 13.4. The highest BCUT2D eigenvalue weighted by Crippen LogP contribution is 2.00. The summed E-state index contributed by atoms with van der Waals surface area (Å²) in [6.07, 6.45) is 2.84. The fraction of sp³-hybridized carbons (Fsp3) is 0.417. The number of carboxylic acid groups (broad SMARTS) is 1. The molecule has 3 N–H and O–H groups in total. The molecular weight excluding hydrogens is 236 g/mol. The van der Waals surface area contributed by atoms with Gasteiger partial charge in [-0.05, 0) is 18.1 Å². The van der Waals surface area contributed by atoms with Crippen LogP contribution in [-0.4, -0.2) is 39.7 Å². The average Bonchev–Trinajstić information content (AvgIpc) is 2.37. The molecule has 0 aliphatic heterocycles. The summed E-state index contributed by atoms with van der Waals surface area (Å²) < 4.78 is 0. The first-order valence-electron chi connectivity index (χ1n) is 5.66. The van der Waals surface area contributed by atoms with Crippen molar-refractivity contribution in [3.8, 4) is 0 Å². The number of aliphatic carboxylic acids is 1. The third-order valence-electron chi connectivity index (χ3n) is 2.39. The average molecular weight is 252 g/mol. The van der Waals surface area contributed by atoms with Crippen molar-refractivity contribution < 1.29 is 19.8 Å². The third kappa shape index (κ3) is 5.40. The van der Waals surface area contributed by atoms with Gasteiger partial charge in [0.15, 0.2) is 6.10 Å². The number of carbonyl (C=O) groups excluding carboxylic acids is 1. The predicted octanol–water partition coefficient (Wildman–Crippen LogP) is -0.0340. The lowest BCUT2D eigenvalue weighted by Gasteiger charge is -2.07. The summed E-state index contributed by atoms with van der Waals surface area (Å²) >= 11 is 0. The number of carbonyl (C=O) groups is 2. The molecule has 0 spiro atoms. The van der Waals surface area contributed by atoms with E-state index in [-0.39, 0.29) is 18.9 Å². The molecule has 0 fully saturated rings. The molecular formula is C12H16N2O4. The van der Waals surface area contributed by atoms with Crippen LogP contribution >= 0.6 is 0 Å². The highest BCUT2D eigenvalue weighted by molar-refractivity contribution is 5.76. The van der Waals surface area contributed by atoms with Crippen LogP contribution in [0.15, 0.2) is 24.5 Å². The monoisotopic (exact) mass is 252 g/mol. The van der Waals surface area contributed by atoms with Gasteiger partial charge in [-0.3, -0.25) is 9.78 Å². The largest absolute Gasteiger partial charge is 0.479 e. The van der Waals surface area contributed by atoms with Crippen LogP contribution in [0.2, 0.25) is 0 Å². The lowest BCUT2D eigenvalue weighted by Crippen LogP contribution is -2.30. The Morgan fingerprint density at radius 3 is 2.83 bits per heavy atom. The van der Waals surface area contributed by atoms with Gasteiger partial charge in [-0.15, -0.1) is 0 Å². The lowest BCUT2D eigenvalue weighted by molar-refractivity contribution is -0.147. The summed E-state index contributed by atoms with van der Waals surface area (Å²) in [5.74, 6) is -1.45. The minimum Gasteiger partial charge on any atom is -0.479 e. The Kier molecular flexibility index (Phi) is 5.79. The maximum atomic E-state index is 11.4. The molecule has 6 nitrogen and oxygen atoms in total. The van der Waals surface area contributed by atoms with E-state index < -0.39 is 12.1 Å². The Morgan fingerprint density at radius 1 is 1.44 bits per heavy atom. The van der Waals surface area contributed by atoms with E-state index in [1.165, 1.54) is 0 Å². The first-order chi connectivity index (χ1) is 8.59. The summed E-state index contributed by atoms with van der Waals surface area (Å²) in [6, 6.07) is 3.69. The molecule has 1 rings (SSSR count). The number of amides is 1. The molecule has 98 valence electrons. The van der Waals surface area contributed by atoms with E-state index in [0.717, 1.165) is 5.56 Å². The van der Waals surface area contributed by atoms with E-state index in [4.69, 9.17) is 10.2 Å². The van der Waals surface area contributed by atoms with E-state index >= 15 is 0 Å². The van der Waals surface area contributed by atoms with Crippen LogP contribution in [0.3, 0.4) is 0 Å². The molecule has 1 aromatic heterocycles. The van der Waals surface area contributed by atoms with E-state index in [1.54, 1.807) is 18.5 Å². The number of aliphatic hydroxyl groups excluding tert-OH is 1. The van der Waals surface area contributed by atoms with Gasteiger partial charge in [0.25, 0.3) is 0 Å². The molecule has 0 bridgehead atoms. The van der Waals surface area contributed by atoms with Gasteiger partial charge in [0.05, 0.1) is 0 Å². The van der Waals surface area contributed by atoms with Gasteiger partial charge in [-0.2, -0.15) is 0 Å². The van der Waals surface area contributed by atoms with Gasteiger partial charge in [-0.25, -0.2) is 4.79 Å². The molecule has 0 saturated heterocycles. The number of pyridine rings is 1. The summed E-state index contributed by atoms with van der Waals surface area (Å²) in [5, 5.41) is 20.0. The van der Waals surface area contributed by atoms with Crippen molar-refractivity contribution >= 4 is 11.9 Å². The van der Waals surface area contributed by atoms with Crippen molar-refractivity contribution in [1.29, 1.82) is 0 Å². The SMILES string of the molecule is O=C(CCc1cccnc1)NCCC(O)C(=O)O. The quantitative estimate of drug-likeness (QED) is 0.632. The highest BCUT2D eigenvalue weighted by atomic mass is 16.4. The topological polar surface area (TPSA) is 99.5 Å². The van der Waals surface area contributed by atoms with Crippen LogP contribution in [0.1, 0.15) is 18.4 Å². The number of rotatable bonds is 7. The maximum Gasteiger partial charge on any atom is 0.332 e. The molecule has 1 amide bonds. The van der Waals surface area contributed by atoms with Gasteiger partial charge in [0.2, 0.25) is 5.91 Å². The van der Waals surface area contributed by atoms with Crippen molar-refractivity contribution in [1.82, 2.24) is 10.3 Å². The fourth-order valence-corrected chi connectivity index (χ4v) is 1.36. The second-order valence-corrected chi connectivity index (χ2v) is 3.85. The Labute approximate surface area is 105 Å². The van der Waals surface area contributed by atoms with E-state index in [2.05, 4.69) is 10.3 Å². The number of hydrogen-bond acceptors (Lipinski definition) is 4. The van der Waals surface area contributed by atoms with Gasteiger partial charge in [0, 0.05) is 31.8 Å². The maximum absolute atomic E-state index is 11.4. The number of hydrogen-bond donors (Lipinski definition) is 3. The van der Waals surface area contributed by atoms with Gasteiger partial charge >= 0.3 is 5.97 Å². The summed E-state index contributed by atoms with van der Waals surface area (Å²) in [4.78, 5) is 25.7. The fourth-order valence-electron chi connectivity index (χ4n) is 1.36. The van der Waals surface area contributed by atoms with Crippen LogP contribution in [-0.2, 0) is 16.0 Å². The molecule has 0 aromatic carbocycles. The number of carboxylic acids is 1. The minimum atomic E-state index is -1.43. The van der Waals surface area contributed by atoms with Crippen LogP contribution in [0, 0.1) is 0 Å². The van der Waals surface area contributed by atoms with Crippen LogP contribution in [0.4, 0.5) is 0 Å². The zero-order valence-electron chi connectivity index (χ0n) is 9.87. The number of aliphatic hydroxyl groups is 1. The Balaban J connectivity index is 2.17. The molecule has 1 atom stereocenters. The molecule has 1 heterocycles. The van der Waals surface area contributed by atoms with Crippen LogP contribution in [0.25, 0.3) is 0 Å². The summed E-state index contributed by atoms with van der Waals surface area (Å²) in [5.41, 5.74) is 0.971. The van der Waals surface area contributed by atoms with E-state index in [0.29, 0.717) is 12.8 Å². The Hall–Kier alpha value is -1.95. The van der Waals surface area contributed by atoms with Crippen molar-refractivity contribution in [2.75, 3.05) is 6.54 Å². The first-order valence-corrected chi connectivity index (χ1v) is 5.66. The summed E-state index contributed by atoms with van der Waals surface area (Å²) in [6.45, 7) is 0.152. The van der Waals surface area contributed by atoms with Crippen LogP contribution < -0.4 is 5.32 Å². The Morgan fingerprint density at radius 2 is 2.22 bits per heavy atom. The molecule has 0 aliphatic carbocycles. The minimum absolute atomic E-state index is 0.00790. The number of nitrogens with zero attached hydrogens (tertiary/aromatic N) is 1. The first kappa shape index (κ1) is 14.1. The molecule has 0 saturated carbocycles. The Bertz CT molecular complexity index is 394. The van der Waals surface area contributed by atoms with Gasteiger partial charge < -0.3 is 15.5 Å². The molecule has 1 unspecified atom stereocenters. The smallest absolute Gasteiger partial charge is 0.332 e. The van der Waals surface area contributed by atoms with Crippen LogP contribution in [0.5, 0.6) is 0 Å². The van der Waals surface area contributed by atoms with Crippen molar-refractivity contribution in [3.63, 3.8) is 0 Å². The van der Waals surface area contributed by atoms with Crippen molar-refractivity contribution in [2.45, 2.75) is 25.4 Å². The predicted molar refractivity (Wildman–Crippen MR) is 63.8 cm³/mol. The number of aryl methyl sites for hydroxylation is 1. The third-order valence-corrected chi connectivity index (χ3v) is 2.39.